The molecular formula is C20H23F2N3OS. The maximum atomic E-state index is 12.7. The number of rotatable bonds is 6. The number of ether oxygens (including phenoxy) is 1. The quantitative estimate of drug-likeness (QED) is 0.609. The molecule has 0 saturated carbocycles. The van der Waals surface area contributed by atoms with Gasteiger partial charge in [-0.15, -0.1) is 11.3 Å². The molecule has 27 heavy (non-hydrogen) atoms. The molecule has 1 aliphatic rings. The van der Waals surface area contributed by atoms with Gasteiger partial charge in [-0.05, 0) is 38.0 Å². The van der Waals surface area contributed by atoms with Crippen molar-refractivity contribution in [2.75, 3.05) is 13.1 Å². The minimum absolute atomic E-state index is 0.155. The van der Waals surface area contributed by atoms with Crippen LogP contribution < -0.4 is 4.74 Å². The molecule has 1 fully saturated rings. The van der Waals surface area contributed by atoms with Crippen LogP contribution >= 0.6 is 11.3 Å². The lowest BCUT2D eigenvalue weighted by Crippen LogP contribution is -2.37. The van der Waals surface area contributed by atoms with Crippen molar-refractivity contribution in [2.45, 2.75) is 45.4 Å². The predicted molar refractivity (Wildman–Crippen MR) is 104 cm³/mol. The van der Waals surface area contributed by atoms with Gasteiger partial charge in [0.2, 0.25) is 0 Å². The molecule has 3 heterocycles. The molecule has 4 nitrogen and oxygen atoms in total. The van der Waals surface area contributed by atoms with E-state index in [9.17, 15) is 8.78 Å². The first-order chi connectivity index (χ1) is 13.1. The highest BCUT2D eigenvalue weighted by Crippen LogP contribution is 2.29. The smallest absolute Gasteiger partial charge is 0.256 e. The van der Waals surface area contributed by atoms with Crippen molar-refractivity contribution in [1.29, 1.82) is 0 Å². The van der Waals surface area contributed by atoms with Gasteiger partial charge in [0.1, 0.15) is 11.9 Å². The molecule has 2 aromatic heterocycles. The number of hydrogen-bond acceptors (Lipinski definition) is 4. The van der Waals surface area contributed by atoms with Gasteiger partial charge in [-0.1, -0.05) is 6.07 Å². The molecule has 7 heteroatoms. The number of likely N-dealkylation sites (tertiary alicyclic amines) is 1. The first-order valence-corrected chi connectivity index (χ1v) is 10.1. The first kappa shape index (κ1) is 18.4. The molecule has 0 aliphatic carbocycles. The maximum Gasteiger partial charge on any atom is 0.256 e. The Labute approximate surface area is 161 Å². The van der Waals surface area contributed by atoms with Crippen LogP contribution in [0.2, 0.25) is 0 Å². The SMILES string of the molecule is Cc1nc(CN2CCC(Oc3cccc4c3ccn4CC(F)F)CC2)cs1. The fraction of sp³-hybridized carbons (Fsp3) is 0.450. The average molecular weight is 391 g/mol. The van der Waals surface area contributed by atoms with Gasteiger partial charge in [-0.25, -0.2) is 13.8 Å². The molecule has 3 aromatic rings. The van der Waals surface area contributed by atoms with E-state index in [1.165, 1.54) is 0 Å². The monoisotopic (exact) mass is 391 g/mol. The van der Waals surface area contributed by atoms with E-state index in [-0.39, 0.29) is 12.6 Å². The van der Waals surface area contributed by atoms with Crippen LogP contribution in [0.5, 0.6) is 5.75 Å². The van der Waals surface area contributed by atoms with E-state index < -0.39 is 6.43 Å². The van der Waals surface area contributed by atoms with Crippen LogP contribution in [0.15, 0.2) is 35.8 Å². The number of thiazole rings is 1. The molecule has 0 spiro atoms. The highest BCUT2D eigenvalue weighted by atomic mass is 32.1. The van der Waals surface area contributed by atoms with Gasteiger partial charge in [0.05, 0.1) is 22.8 Å². The van der Waals surface area contributed by atoms with Crippen LogP contribution in [0.25, 0.3) is 10.9 Å². The van der Waals surface area contributed by atoms with Crippen molar-refractivity contribution in [2.24, 2.45) is 0 Å². The standard InChI is InChI=1S/C20H23F2N3OS/c1-14-23-15(13-27-14)11-24-8-5-16(6-9-24)26-19-4-2-3-18-17(19)7-10-25(18)12-20(21)22/h2-4,7,10,13,16,20H,5-6,8-9,11-12H2,1H3. The van der Waals surface area contributed by atoms with Crippen molar-refractivity contribution < 1.29 is 13.5 Å². The van der Waals surface area contributed by atoms with Crippen molar-refractivity contribution >= 4 is 22.2 Å². The topological polar surface area (TPSA) is 30.3 Å². The molecule has 1 aromatic carbocycles. The molecule has 0 unspecified atom stereocenters. The molecule has 0 atom stereocenters. The summed E-state index contributed by atoms with van der Waals surface area (Å²) in [5.74, 6) is 0.786. The number of benzene rings is 1. The van der Waals surface area contributed by atoms with Gasteiger partial charge in [-0.2, -0.15) is 0 Å². The summed E-state index contributed by atoms with van der Waals surface area (Å²) in [5.41, 5.74) is 1.94. The van der Waals surface area contributed by atoms with Crippen LogP contribution in [0.1, 0.15) is 23.5 Å². The zero-order valence-corrected chi connectivity index (χ0v) is 16.1. The van der Waals surface area contributed by atoms with Crippen molar-refractivity contribution in [3.05, 3.63) is 46.5 Å². The van der Waals surface area contributed by atoms with Crippen LogP contribution in [-0.4, -0.2) is 40.1 Å². The lowest BCUT2D eigenvalue weighted by atomic mass is 10.1. The van der Waals surface area contributed by atoms with E-state index in [0.29, 0.717) is 0 Å². The number of piperidine rings is 1. The number of halogens is 2. The molecule has 0 bridgehead atoms. The normalized spacial score (nSPS) is 16.4. The third kappa shape index (κ3) is 4.30. The van der Waals surface area contributed by atoms with Crippen LogP contribution in [0.4, 0.5) is 8.78 Å². The first-order valence-electron chi connectivity index (χ1n) is 9.24. The second kappa shape index (κ2) is 7.94. The Kier molecular flexibility index (Phi) is 5.41. The van der Waals surface area contributed by atoms with Gasteiger partial charge in [-0.3, -0.25) is 4.90 Å². The summed E-state index contributed by atoms with van der Waals surface area (Å²) in [6.45, 7) is 4.58. The van der Waals surface area contributed by atoms with Gasteiger partial charge >= 0.3 is 0 Å². The van der Waals surface area contributed by atoms with Gasteiger partial charge in [0.15, 0.2) is 0 Å². The largest absolute Gasteiger partial charge is 0.490 e. The second-order valence-electron chi connectivity index (χ2n) is 7.00. The van der Waals surface area contributed by atoms with Crippen molar-refractivity contribution in [3.8, 4) is 5.75 Å². The summed E-state index contributed by atoms with van der Waals surface area (Å²) in [6, 6.07) is 7.54. The summed E-state index contributed by atoms with van der Waals surface area (Å²) in [5, 5.41) is 4.14. The molecule has 1 saturated heterocycles. The minimum Gasteiger partial charge on any atom is -0.490 e. The van der Waals surface area contributed by atoms with Crippen LogP contribution in [-0.2, 0) is 13.1 Å². The fourth-order valence-electron chi connectivity index (χ4n) is 3.68. The number of aryl methyl sites for hydroxylation is 1. The Morgan fingerprint density at radius 3 is 2.78 bits per heavy atom. The summed E-state index contributed by atoms with van der Waals surface area (Å²) in [7, 11) is 0. The number of hydrogen-bond donors (Lipinski definition) is 0. The van der Waals surface area contributed by atoms with E-state index in [2.05, 4.69) is 15.3 Å². The third-order valence-corrected chi connectivity index (χ3v) is 5.81. The minimum atomic E-state index is -2.36. The van der Waals surface area contributed by atoms with Gasteiger partial charge in [0.25, 0.3) is 6.43 Å². The summed E-state index contributed by atoms with van der Waals surface area (Å²) in [4.78, 5) is 6.95. The molecule has 4 rings (SSSR count). The van der Waals surface area contributed by atoms with Gasteiger partial charge in [0, 0.05) is 36.6 Å². The van der Waals surface area contributed by atoms with E-state index >= 15 is 0 Å². The van der Waals surface area contributed by atoms with Crippen molar-refractivity contribution in [3.63, 3.8) is 0 Å². The lowest BCUT2D eigenvalue weighted by Gasteiger charge is -2.31. The third-order valence-electron chi connectivity index (χ3n) is 4.99. The lowest BCUT2D eigenvalue weighted by molar-refractivity contribution is 0.0973. The Bertz CT molecular complexity index is 900. The molecule has 0 radical (unpaired) electrons. The van der Waals surface area contributed by atoms with E-state index in [0.717, 1.165) is 59.8 Å². The van der Waals surface area contributed by atoms with E-state index in [1.807, 2.05) is 31.2 Å². The molecule has 144 valence electrons. The Morgan fingerprint density at radius 2 is 2.07 bits per heavy atom. The summed E-state index contributed by atoms with van der Waals surface area (Å²) >= 11 is 1.69. The summed E-state index contributed by atoms with van der Waals surface area (Å²) in [6.07, 6.45) is 1.41. The molecule has 1 aliphatic heterocycles. The van der Waals surface area contributed by atoms with E-state index in [1.54, 1.807) is 22.1 Å². The Hall–Kier alpha value is -1.99. The Balaban J connectivity index is 1.38. The Morgan fingerprint density at radius 1 is 1.26 bits per heavy atom. The van der Waals surface area contributed by atoms with Crippen LogP contribution in [0, 0.1) is 6.92 Å². The fourth-order valence-corrected chi connectivity index (χ4v) is 4.28. The zero-order valence-electron chi connectivity index (χ0n) is 15.3. The van der Waals surface area contributed by atoms with Crippen LogP contribution in [0.3, 0.4) is 0 Å². The second-order valence-corrected chi connectivity index (χ2v) is 8.06. The number of nitrogens with zero attached hydrogens (tertiary/aromatic N) is 3. The highest BCUT2D eigenvalue weighted by Gasteiger charge is 2.22. The molecule has 0 amide bonds. The molecular weight excluding hydrogens is 368 g/mol. The molecule has 0 N–H and O–H groups in total. The average Bonchev–Trinajstić information content (AvgIpc) is 3.23. The van der Waals surface area contributed by atoms with Gasteiger partial charge < -0.3 is 9.30 Å². The predicted octanol–water partition coefficient (Wildman–Crippen LogP) is 4.71. The zero-order chi connectivity index (χ0) is 18.8. The van der Waals surface area contributed by atoms with E-state index in [4.69, 9.17) is 4.74 Å². The van der Waals surface area contributed by atoms with Crippen molar-refractivity contribution in [1.82, 2.24) is 14.5 Å². The number of alkyl halides is 2. The number of fused-ring (bicyclic) bond motifs is 1. The highest BCUT2D eigenvalue weighted by molar-refractivity contribution is 7.09. The number of aromatic nitrogens is 2. The summed E-state index contributed by atoms with van der Waals surface area (Å²) < 4.78 is 33.3. The maximum absolute atomic E-state index is 12.7.